The van der Waals surface area contributed by atoms with Gasteiger partial charge >= 0.3 is 0 Å². The van der Waals surface area contributed by atoms with E-state index in [1.165, 1.54) is 0 Å². The van der Waals surface area contributed by atoms with E-state index in [1.807, 2.05) is 6.07 Å². The van der Waals surface area contributed by atoms with Crippen LogP contribution in [0.5, 0.6) is 0 Å². The maximum atomic E-state index is 12.1. The number of ether oxygens (including phenoxy) is 1. The van der Waals surface area contributed by atoms with Gasteiger partial charge in [0.05, 0.1) is 11.0 Å². The molecule has 1 aliphatic rings. The predicted molar refractivity (Wildman–Crippen MR) is 73.1 cm³/mol. The van der Waals surface area contributed by atoms with Crippen LogP contribution >= 0.6 is 0 Å². The Hall–Kier alpha value is -0.950. The fourth-order valence-electron chi connectivity index (χ4n) is 2.09. The normalized spacial score (nSPS) is 20.4. The fourth-order valence-corrected chi connectivity index (χ4v) is 3.23. The fraction of sp³-hybridized carbons (Fsp3) is 0.538. The van der Waals surface area contributed by atoms with Crippen molar-refractivity contribution in [3.8, 4) is 0 Å². The molecular weight excluding hydrogens is 264 g/mol. The molecule has 0 spiro atoms. The quantitative estimate of drug-likeness (QED) is 0.845. The standard InChI is InChI=1S/C13H20N2O3S/c14-9-11-4-3-6-13(8-11)19(16,17)15-10-12-5-1-2-7-18-12/h3-4,6,8,12,15H,1-2,5,7,9-10,14H2. The number of nitrogens with one attached hydrogen (secondary N) is 1. The van der Waals surface area contributed by atoms with Gasteiger partial charge in [0, 0.05) is 19.7 Å². The van der Waals surface area contributed by atoms with E-state index in [1.54, 1.807) is 18.2 Å². The Kier molecular flexibility index (Phi) is 4.93. The highest BCUT2D eigenvalue weighted by Crippen LogP contribution is 2.14. The molecule has 0 saturated carbocycles. The monoisotopic (exact) mass is 284 g/mol. The van der Waals surface area contributed by atoms with Crippen molar-refractivity contribution in [1.82, 2.24) is 4.72 Å². The lowest BCUT2D eigenvalue weighted by atomic mass is 10.1. The summed E-state index contributed by atoms with van der Waals surface area (Å²) in [5.41, 5.74) is 6.32. The van der Waals surface area contributed by atoms with Gasteiger partial charge in [-0.3, -0.25) is 0 Å². The molecule has 1 aromatic carbocycles. The molecule has 0 bridgehead atoms. The van der Waals surface area contributed by atoms with Gasteiger partial charge in [0.2, 0.25) is 10.0 Å². The summed E-state index contributed by atoms with van der Waals surface area (Å²) in [5.74, 6) is 0. The van der Waals surface area contributed by atoms with Crippen LogP contribution in [-0.4, -0.2) is 27.7 Å². The molecule has 0 aliphatic carbocycles. The Bertz CT molecular complexity index is 510. The number of rotatable bonds is 5. The van der Waals surface area contributed by atoms with Crippen LogP contribution in [0.25, 0.3) is 0 Å². The average Bonchev–Trinajstić information content (AvgIpc) is 2.46. The Morgan fingerprint density at radius 1 is 1.37 bits per heavy atom. The van der Waals surface area contributed by atoms with Crippen LogP contribution in [0.2, 0.25) is 0 Å². The van der Waals surface area contributed by atoms with Gasteiger partial charge in [0.15, 0.2) is 0 Å². The zero-order valence-corrected chi connectivity index (χ0v) is 11.7. The minimum absolute atomic E-state index is 0.0128. The van der Waals surface area contributed by atoms with E-state index in [0.717, 1.165) is 31.4 Å². The molecule has 1 fully saturated rings. The first kappa shape index (κ1) is 14.5. The summed E-state index contributed by atoms with van der Waals surface area (Å²) < 4.78 is 32.4. The van der Waals surface area contributed by atoms with Crippen LogP contribution in [0.3, 0.4) is 0 Å². The Morgan fingerprint density at radius 3 is 2.89 bits per heavy atom. The second-order valence-corrected chi connectivity index (χ2v) is 6.46. The lowest BCUT2D eigenvalue weighted by Crippen LogP contribution is -2.35. The lowest BCUT2D eigenvalue weighted by Gasteiger charge is -2.22. The average molecular weight is 284 g/mol. The molecule has 1 atom stereocenters. The van der Waals surface area contributed by atoms with Crippen molar-refractivity contribution < 1.29 is 13.2 Å². The third-order valence-electron chi connectivity index (χ3n) is 3.22. The van der Waals surface area contributed by atoms with E-state index in [-0.39, 0.29) is 11.0 Å². The topological polar surface area (TPSA) is 81.4 Å². The van der Waals surface area contributed by atoms with Crippen LogP contribution in [0.1, 0.15) is 24.8 Å². The first-order chi connectivity index (χ1) is 9.12. The molecule has 2 rings (SSSR count). The van der Waals surface area contributed by atoms with Gasteiger partial charge in [-0.1, -0.05) is 12.1 Å². The minimum Gasteiger partial charge on any atom is -0.377 e. The summed E-state index contributed by atoms with van der Waals surface area (Å²) in [4.78, 5) is 0.256. The Morgan fingerprint density at radius 2 is 2.21 bits per heavy atom. The van der Waals surface area contributed by atoms with Crippen molar-refractivity contribution in [3.05, 3.63) is 29.8 Å². The van der Waals surface area contributed by atoms with Gasteiger partial charge in [-0.05, 0) is 37.0 Å². The third-order valence-corrected chi connectivity index (χ3v) is 4.64. The molecule has 1 aliphatic heterocycles. The largest absolute Gasteiger partial charge is 0.377 e. The van der Waals surface area contributed by atoms with E-state index in [2.05, 4.69) is 4.72 Å². The van der Waals surface area contributed by atoms with Crippen LogP contribution in [0.4, 0.5) is 0 Å². The highest BCUT2D eigenvalue weighted by molar-refractivity contribution is 7.89. The summed E-state index contributed by atoms with van der Waals surface area (Å²) >= 11 is 0. The highest BCUT2D eigenvalue weighted by atomic mass is 32.2. The van der Waals surface area contributed by atoms with Gasteiger partial charge in [-0.25, -0.2) is 13.1 Å². The number of benzene rings is 1. The molecule has 1 unspecified atom stereocenters. The van der Waals surface area contributed by atoms with E-state index in [0.29, 0.717) is 13.1 Å². The summed E-state index contributed by atoms with van der Waals surface area (Å²) in [6, 6.07) is 6.68. The molecular formula is C13H20N2O3S. The van der Waals surface area contributed by atoms with Crippen molar-refractivity contribution in [2.24, 2.45) is 5.73 Å². The van der Waals surface area contributed by atoms with Crippen molar-refractivity contribution in [2.45, 2.75) is 36.8 Å². The van der Waals surface area contributed by atoms with Gasteiger partial charge in [0.1, 0.15) is 0 Å². The maximum Gasteiger partial charge on any atom is 0.240 e. The Labute approximate surface area is 114 Å². The van der Waals surface area contributed by atoms with Crippen molar-refractivity contribution >= 4 is 10.0 Å². The summed E-state index contributed by atoms with van der Waals surface area (Å²) in [5, 5.41) is 0. The zero-order valence-electron chi connectivity index (χ0n) is 10.8. The number of hydrogen-bond donors (Lipinski definition) is 2. The molecule has 19 heavy (non-hydrogen) atoms. The molecule has 1 saturated heterocycles. The molecule has 6 heteroatoms. The van der Waals surface area contributed by atoms with Crippen LogP contribution < -0.4 is 10.5 Å². The smallest absolute Gasteiger partial charge is 0.240 e. The molecule has 5 nitrogen and oxygen atoms in total. The first-order valence-electron chi connectivity index (χ1n) is 6.52. The number of sulfonamides is 1. The van der Waals surface area contributed by atoms with Crippen molar-refractivity contribution in [2.75, 3.05) is 13.2 Å². The number of hydrogen-bond acceptors (Lipinski definition) is 4. The SMILES string of the molecule is NCc1cccc(S(=O)(=O)NCC2CCCCO2)c1. The van der Waals surface area contributed by atoms with Crippen molar-refractivity contribution in [3.63, 3.8) is 0 Å². The van der Waals surface area contributed by atoms with Gasteiger partial charge in [0.25, 0.3) is 0 Å². The second-order valence-electron chi connectivity index (χ2n) is 4.69. The molecule has 1 heterocycles. The molecule has 1 aromatic rings. The highest BCUT2D eigenvalue weighted by Gasteiger charge is 2.19. The van der Waals surface area contributed by atoms with Crippen LogP contribution in [0.15, 0.2) is 29.2 Å². The second kappa shape index (κ2) is 6.47. The lowest BCUT2D eigenvalue weighted by molar-refractivity contribution is 0.0200. The van der Waals surface area contributed by atoms with Gasteiger partial charge in [-0.2, -0.15) is 0 Å². The Balaban J connectivity index is 2.00. The summed E-state index contributed by atoms with van der Waals surface area (Å²) in [6.45, 7) is 1.37. The van der Waals surface area contributed by atoms with Crippen molar-refractivity contribution in [1.29, 1.82) is 0 Å². The molecule has 0 radical (unpaired) electrons. The third kappa shape index (κ3) is 4.01. The van der Waals surface area contributed by atoms with Gasteiger partial charge < -0.3 is 10.5 Å². The van der Waals surface area contributed by atoms with E-state index < -0.39 is 10.0 Å². The minimum atomic E-state index is -3.48. The molecule has 3 N–H and O–H groups in total. The first-order valence-corrected chi connectivity index (χ1v) is 8.00. The predicted octanol–water partition coefficient (Wildman–Crippen LogP) is 0.993. The molecule has 0 amide bonds. The number of nitrogens with two attached hydrogens (primary N) is 1. The van der Waals surface area contributed by atoms with E-state index >= 15 is 0 Å². The van der Waals surface area contributed by atoms with Crippen LogP contribution in [0, 0.1) is 0 Å². The van der Waals surface area contributed by atoms with E-state index in [9.17, 15) is 8.42 Å². The molecule has 0 aromatic heterocycles. The summed E-state index contributed by atoms with van der Waals surface area (Å²) in [6.07, 6.45) is 3.04. The van der Waals surface area contributed by atoms with Gasteiger partial charge in [-0.15, -0.1) is 0 Å². The van der Waals surface area contributed by atoms with E-state index in [4.69, 9.17) is 10.5 Å². The maximum absolute atomic E-state index is 12.1. The summed E-state index contributed by atoms with van der Waals surface area (Å²) in [7, 11) is -3.48. The molecule has 106 valence electrons. The zero-order chi connectivity index (χ0) is 13.7. The van der Waals surface area contributed by atoms with Crippen LogP contribution in [-0.2, 0) is 21.3 Å².